The highest BCUT2D eigenvalue weighted by Crippen LogP contribution is 2.37. The normalized spacial score (nSPS) is 32.8. The molecule has 0 aromatic heterocycles. The highest BCUT2D eigenvalue weighted by Gasteiger charge is 2.43. The standard InChI is InChI=1S/C15H25NO4/c1-10-7-11(12(8-10)14(19)20)13(18)16-15(9-17)5-3-2-4-6-15/h10-12,17H,2-9H2,1H3,(H,16,18)(H,19,20)/t10?,11-,12+/m0/s1. The molecule has 0 saturated heterocycles. The number of carbonyl (C=O) groups excluding carboxylic acids is 1. The van der Waals surface area contributed by atoms with Crippen molar-refractivity contribution in [2.24, 2.45) is 17.8 Å². The summed E-state index contributed by atoms with van der Waals surface area (Å²) in [6.45, 7) is 1.93. The van der Waals surface area contributed by atoms with Crippen molar-refractivity contribution in [2.45, 2.75) is 57.4 Å². The summed E-state index contributed by atoms with van der Waals surface area (Å²) in [7, 11) is 0. The molecule has 0 spiro atoms. The van der Waals surface area contributed by atoms with E-state index in [-0.39, 0.29) is 18.4 Å². The monoisotopic (exact) mass is 283 g/mol. The van der Waals surface area contributed by atoms with Crippen LogP contribution in [0.2, 0.25) is 0 Å². The van der Waals surface area contributed by atoms with Crippen molar-refractivity contribution in [3.63, 3.8) is 0 Å². The molecule has 20 heavy (non-hydrogen) atoms. The van der Waals surface area contributed by atoms with Crippen LogP contribution in [0.1, 0.15) is 51.9 Å². The molecular weight excluding hydrogens is 258 g/mol. The minimum absolute atomic E-state index is 0.0568. The number of carboxylic acids is 1. The molecule has 3 N–H and O–H groups in total. The maximum atomic E-state index is 12.5. The van der Waals surface area contributed by atoms with E-state index in [0.29, 0.717) is 12.8 Å². The second kappa shape index (κ2) is 6.12. The number of hydrogen-bond acceptors (Lipinski definition) is 3. The lowest BCUT2D eigenvalue weighted by Crippen LogP contribution is -2.54. The van der Waals surface area contributed by atoms with Gasteiger partial charge < -0.3 is 15.5 Å². The van der Waals surface area contributed by atoms with Crippen molar-refractivity contribution in [3.05, 3.63) is 0 Å². The maximum absolute atomic E-state index is 12.5. The van der Waals surface area contributed by atoms with Gasteiger partial charge in [-0.2, -0.15) is 0 Å². The number of aliphatic hydroxyl groups excluding tert-OH is 1. The molecule has 3 atom stereocenters. The molecule has 2 saturated carbocycles. The third-order valence-electron chi connectivity index (χ3n) is 4.95. The Morgan fingerprint density at radius 1 is 1.15 bits per heavy atom. The summed E-state index contributed by atoms with van der Waals surface area (Å²) in [6.07, 6.45) is 5.92. The SMILES string of the molecule is CC1C[C@H](C(=O)NC2(CO)CCCCC2)[C@H](C(=O)O)C1. The fraction of sp³-hybridized carbons (Fsp3) is 0.867. The van der Waals surface area contributed by atoms with Gasteiger partial charge in [0, 0.05) is 0 Å². The first-order chi connectivity index (χ1) is 9.47. The highest BCUT2D eigenvalue weighted by molar-refractivity contribution is 5.85. The van der Waals surface area contributed by atoms with Crippen LogP contribution in [-0.4, -0.2) is 34.2 Å². The Morgan fingerprint density at radius 2 is 1.75 bits per heavy atom. The van der Waals surface area contributed by atoms with Crippen molar-refractivity contribution in [2.75, 3.05) is 6.61 Å². The largest absolute Gasteiger partial charge is 0.481 e. The van der Waals surface area contributed by atoms with Crippen LogP contribution in [0.5, 0.6) is 0 Å². The molecule has 5 nitrogen and oxygen atoms in total. The van der Waals surface area contributed by atoms with Crippen molar-refractivity contribution >= 4 is 11.9 Å². The molecule has 0 aromatic rings. The zero-order valence-electron chi connectivity index (χ0n) is 12.1. The molecule has 1 unspecified atom stereocenters. The van der Waals surface area contributed by atoms with Crippen LogP contribution in [0.25, 0.3) is 0 Å². The van der Waals surface area contributed by atoms with Crippen LogP contribution < -0.4 is 5.32 Å². The molecule has 2 fully saturated rings. The molecule has 2 rings (SSSR count). The van der Waals surface area contributed by atoms with E-state index in [1.807, 2.05) is 6.92 Å². The Labute approximate surface area is 119 Å². The van der Waals surface area contributed by atoms with Gasteiger partial charge in [0.1, 0.15) is 0 Å². The van der Waals surface area contributed by atoms with E-state index in [1.54, 1.807) is 0 Å². The predicted octanol–water partition coefficient (Wildman–Crippen LogP) is 1.54. The number of nitrogens with one attached hydrogen (secondary N) is 1. The van der Waals surface area contributed by atoms with Crippen LogP contribution in [-0.2, 0) is 9.59 Å². The van der Waals surface area contributed by atoms with Crippen molar-refractivity contribution in [1.29, 1.82) is 0 Å². The molecule has 0 bridgehead atoms. The summed E-state index contributed by atoms with van der Waals surface area (Å²) in [4.78, 5) is 23.7. The molecule has 2 aliphatic carbocycles. The third-order valence-corrected chi connectivity index (χ3v) is 4.95. The molecule has 0 heterocycles. The van der Waals surface area contributed by atoms with Crippen molar-refractivity contribution in [1.82, 2.24) is 5.32 Å². The molecule has 114 valence electrons. The molecule has 1 amide bonds. The molecular formula is C15H25NO4. The number of carboxylic acid groups (broad SMARTS) is 1. The first-order valence-corrected chi connectivity index (χ1v) is 7.63. The summed E-state index contributed by atoms with van der Waals surface area (Å²) in [5.74, 6) is -1.82. The van der Waals surface area contributed by atoms with E-state index in [2.05, 4.69) is 5.32 Å². The molecule has 2 aliphatic rings. The predicted molar refractivity (Wildman–Crippen MR) is 74.1 cm³/mol. The van der Waals surface area contributed by atoms with Gasteiger partial charge in [-0.25, -0.2) is 0 Å². The number of carbonyl (C=O) groups is 2. The van der Waals surface area contributed by atoms with Gasteiger partial charge in [0.15, 0.2) is 0 Å². The van der Waals surface area contributed by atoms with Crippen LogP contribution >= 0.6 is 0 Å². The van der Waals surface area contributed by atoms with E-state index in [4.69, 9.17) is 0 Å². The molecule has 0 aromatic carbocycles. The number of aliphatic carboxylic acids is 1. The first kappa shape index (κ1) is 15.3. The quantitative estimate of drug-likeness (QED) is 0.730. The lowest BCUT2D eigenvalue weighted by molar-refractivity contribution is -0.146. The average Bonchev–Trinajstić information content (AvgIpc) is 2.82. The van der Waals surface area contributed by atoms with Gasteiger partial charge in [-0.3, -0.25) is 9.59 Å². The van der Waals surface area contributed by atoms with Crippen LogP contribution in [0, 0.1) is 17.8 Å². The Balaban J connectivity index is 2.04. The lowest BCUT2D eigenvalue weighted by Gasteiger charge is -2.37. The Hall–Kier alpha value is -1.10. The summed E-state index contributed by atoms with van der Waals surface area (Å²) in [5, 5.41) is 21.9. The zero-order valence-corrected chi connectivity index (χ0v) is 12.1. The van der Waals surface area contributed by atoms with Crippen molar-refractivity contribution < 1.29 is 19.8 Å². The smallest absolute Gasteiger partial charge is 0.307 e. The molecule has 5 heteroatoms. The van der Waals surface area contributed by atoms with E-state index in [0.717, 1.165) is 32.1 Å². The van der Waals surface area contributed by atoms with Gasteiger partial charge in [0.05, 0.1) is 24.0 Å². The lowest BCUT2D eigenvalue weighted by atomic mass is 9.81. The van der Waals surface area contributed by atoms with Gasteiger partial charge in [-0.15, -0.1) is 0 Å². The molecule has 0 radical (unpaired) electrons. The minimum Gasteiger partial charge on any atom is -0.481 e. The topological polar surface area (TPSA) is 86.6 Å². The summed E-state index contributed by atoms with van der Waals surface area (Å²) >= 11 is 0. The van der Waals surface area contributed by atoms with E-state index in [9.17, 15) is 19.8 Å². The number of amides is 1. The van der Waals surface area contributed by atoms with E-state index >= 15 is 0 Å². The Bertz CT molecular complexity index is 376. The van der Waals surface area contributed by atoms with Crippen molar-refractivity contribution in [3.8, 4) is 0 Å². The highest BCUT2D eigenvalue weighted by atomic mass is 16.4. The maximum Gasteiger partial charge on any atom is 0.307 e. The van der Waals surface area contributed by atoms with E-state index in [1.165, 1.54) is 0 Å². The fourth-order valence-corrected chi connectivity index (χ4v) is 3.76. The van der Waals surface area contributed by atoms with Crippen LogP contribution in [0.4, 0.5) is 0 Å². The summed E-state index contributed by atoms with van der Waals surface area (Å²) in [6, 6.07) is 0. The second-order valence-corrected chi connectivity index (χ2v) is 6.62. The summed E-state index contributed by atoms with van der Waals surface area (Å²) in [5.41, 5.74) is -0.524. The molecule has 0 aliphatic heterocycles. The van der Waals surface area contributed by atoms with Crippen LogP contribution in [0.3, 0.4) is 0 Å². The first-order valence-electron chi connectivity index (χ1n) is 7.63. The number of aliphatic hydroxyl groups is 1. The number of rotatable bonds is 4. The number of hydrogen-bond donors (Lipinski definition) is 3. The zero-order chi connectivity index (χ0) is 14.8. The van der Waals surface area contributed by atoms with Gasteiger partial charge >= 0.3 is 5.97 Å². The third kappa shape index (κ3) is 3.14. The Kier molecular flexibility index (Phi) is 4.68. The summed E-state index contributed by atoms with van der Waals surface area (Å²) < 4.78 is 0. The van der Waals surface area contributed by atoms with E-state index < -0.39 is 23.3 Å². The van der Waals surface area contributed by atoms with Gasteiger partial charge in [0.2, 0.25) is 5.91 Å². The fourth-order valence-electron chi connectivity index (χ4n) is 3.76. The minimum atomic E-state index is -0.879. The average molecular weight is 283 g/mol. The second-order valence-electron chi connectivity index (χ2n) is 6.62. The Morgan fingerprint density at radius 3 is 2.30 bits per heavy atom. The van der Waals surface area contributed by atoms with Gasteiger partial charge in [0.25, 0.3) is 0 Å². The van der Waals surface area contributed by atoms with Gasteiger partial charge in [-0.05, 0) is 31.6 Å². The van der Waals surface area contributed by atoms with Crippen LogP contribution in [0.15, 0.2) is 0 Å². The van der Waals surface area contributed by atoms with Gasteiger partial charge in [-0.1, -0.05) is 26.2 Å².